The Kier molecular flexibility index (Phi) is 5.82. The molecule has 0 saturated carbocycles. The molecule has 1 saturated heterocycles. The Morgan fingerprint density at radius 3 is 2.70 bits per heavy atom. The van der Waals surface area contributed by atoms with Crippen molar-refractivity contribution in [2.45, 2.75) is 51.0 Å². The number of hydrogen-bond acceptors (Lipinski definition) is 4. The minimum atomic E-state index is -0.805. The summed E-state index contributed by atoms with van der Waals surface area (Å²) in [7, 11) is 1.69. The van der Waals surface area contributed by atoms with Gasteiger partial charge in [0.15, 0.2) is 5.96 Å². The smallest absolute Gasteiger partial charge is 0.257 e. The van der Waals surface area contributed by atoms with Crippen LogP contribution in [0.3, 0.4) is 0 Å². The zero-order valence-electron chi connectivity index (χ0n) is 16.4. The van der Waals surface area contributed by atoms with Crippen LogP contribution in [0.4, 0.5) is 0 Å². The average Bonchev–Trinajstić information content (AvgIpc) is 2.92. The van der Waals surface area contributed by atoms with Gasteiger partial charge in [0.25, 0.3) is 5.91 Å². The van der Waals surface area contributed by atoms with Crippen LogP contribution in [0.15, 0.2) is 35.3 Å². The molecule has 146 valence electrons. The molecule has 3 rings (SSSR count). The molecule has 0 aromatic heterocycles. The molecule has 2 N–H and O–H groups in total. The number of unbranched alkanes of at least 4 members (excludes halogenated alkanes) is 1. The van der Waals surface area contributed by atoms with Gasteiger partial charge in [-0.15, -0.1) is 0 Å². The highest BCUT2D eigenvalue weighted by atomic mass is 16.2. The number of carbonyl (C=O) groups is 2. The van der Waals surface area contributed by atoms with E-state index >= 15 is 0 Å². The second kappa shape index (κ2) is 8.11. The number of carbonyl (C=O) groups excluding carboxylic acids is 2. The van der Waals surface area contributed by atoms with E-state index in [2.05, 4.69) is 11.9 Å². The molecule has 0 bridgehead atoms. The van der Waals surface area contributed by atoms with E-state index < -0.39 is 5.54 Å². The Bertz CT molecular complexity index is 718. The fraction of sp³-hybridized carbons (Fsp3) is 0.571. The number of likely N-dealkylation sites (N-methyl/N-ethyl adjacent to an activating group) is 1. The van der Waals surface area contributed by atoms with E-state index in [9.17, 15) is 9.59 Å². The van der Waals surface area contributed by atoms with Gasteiger partial charge in [0.1, 0.15) is 5.54 Å². The van der Waals surface area contributed by atoms with Crippen molar-refractivity contribution in [2.75, 3.05) is 20.1 Å². The van der Waals surface area contributed by atoms with Crippen molar-refractivity contribution in [2.24, 2.45) is 16.6 Å². The zero-order chi connectivity index (χ0) is 19.4. The largest absolute Gasteiger partial charge is 0.369 e. The minimum Gasteiger partial charge on any atom is -0.369 e. The minimum absolute atomic E-state index is 0.0178. The maximum Gasteiger partial charge on any atom is 0.257 e. The quantitative estimate of drug-likeness (QED) is 0.834. The Labute approximate surface area is 161 Å². The summed E-state index contributed by atoms with van der Waals surface area (Å²) in [4.78, 5) is 33.9. The summed E-state index contributed by atoms with van der Waals surface area (Å²) in [6, 6.07) is 9.80. The highest BCUT2D eigenvalue weighted by Gasteiger charge is 2.52. The number of rotatable bonds is 6. The van der Waals surface area contributed by atoms with Crippen LogP contribution in [0.2, 0.25) is 0 Å². The summed E-state index contributed by atoms with van der Waals surface area (Å²) in [6.07, 6.45) is 4.80. The Morgan fingerprint density at radius 1 is 1.33 bits per heavy atom. The van der Waals surface area contributed by atoms with Crippen LogP contribution < -0.4 is 5.73 Å². The average molecular weight is 370 g/mol. The maximum absolute atomic E-state index is 13.0. The van der Waals surface area contributed by atoms with Crippen molar-refractivity contribution < 1.29 is 9.59 Å². The van der Waals surface area contributed by atoms with E-state index in [1.807, 2.05) is 35.2 Å². The van der Waals surface area contributed by atoms with Crippen molar-refractivity contribution in [3.63, 3.8) is 0 Å². The van der Waals surface area contributed by atoms with Gasteiger partial charge >= 0.3 is 0 Å². The van der Waals surface area contributed by atoms with E-state index in [0.29, 0.717) is 25.3 Å². The molecular formula is C21H30N4O2. The Balaban J connectivity index is 1.77. The van der Waals surface area contributed by atoms with Crippen LogP contribution in [0, 0.1) is 5.92 Å². The number of piperidine rings is 1. The lowest BCUT2D eigenvalue weighted by Gasteiger charge is -2.40. The van der Waals surface area contributed by atoms with E-state index in [1.165, 1.54) is 4.90 Å². The van der Waals surface area contributed by atoms with Crippen LogP contribution in [0.5, 0.6) is 0 Å². The first kappa shape index (κ1) is 19.4. The van der Waals surface area contributed by atoms with Crippen LogP contribution in [-0.2, 0) is 16.0 Å². The first-order valence-electron chi connectivity index (χ1n) is 9.93. The number of benzene rings is 1. The highest BCUT2D eigenvalue weighted by molar-refractivity contribution is 6.06. The lowest BCUT2D eigenvalue weighted by Crippen LogP contribution is -2.53. The predicted octanol–water partition coefficient (Wildman–Crippen LogP) is 2.18. The van der Waals surface area contributed by atoms with Crippen molar-refractivity contribution in [1.29, 1.82) is 0 Å². The Morgan fingerprint density at radius 2 is 2.07 bits per heavy atom. The number of hydrogen-bond donors (Lipinski definition) is 1. The number of nitrogens with two attached hydrogens (primary N) is 1. The van der Waals surface area contributed by atoms with Crippen molar-refractivity contribution in [3.8, 4) is 0 Å². The summed E-state index contributed by atoms with van der Waals surface area (Å²) < 4.78 is 0. The molecule has 1 fully saturated rings. The molecule has 2 aliphatic rings. The second-order valence-corrected chi connectivity index (χ2v) is 7.70. The normalized spacial score (nSPS) is 25.6. The van der Waals surface area contributed by atoms with E-state index in [4.69, 9.17) is 5.73 Å². The molecule has 2 amide bonds. The molecule has 6 heteroatoms. The molecule has 1 aromatic rings. The molecule has 1 unspecified atom stereocenters. The van der Waals surface area contributed by atoms with Gasteiger partial charge < -0.3 is 10.6 Å². The lowest BCUT2D eigenvalue weighted by atomic mass is 9.75. The number of nitrogens with zero attached hydrogens (tertiary/aromatic N) is 3. The van der Waals surface area contributed by atoms with Crippen LogP contribution in [0.25, 0.3) is 0 Å². The summed E-state index contributed by atoms with van der Waals surface area (Å²) >= 11 is 0. The van der Waals surface area contributed by atoms with Crippen LogP contribution in [0.1, 0.15) is 44.6 Å². The number of guanidine groups is 1. The molecule has 0 spiro atoms. The molecular weight excluding hydrogens is 340 g/mol. The third kappa shape index (κ3) is 3.84. The fourth-order valence-electron chi connectivity index (χ4n) is 4.28. The molecule has 0 radical (unpaired) electrons. The molecule has 2 aliphatic heterocycles. The number of likely N-dealkylation sites (tertiary alicyclic amines) is 1. The standard InChI is InChI=1S/C21H30N4O2/c1-3-4-12-21(19(27)24(2)20(22)23-21)17-11-8-13-25(15-17)18(26)14-16-9-6-5-7-10-16/h5-7,9-10,17H,3-4,8,11-15H2,1-2H3,(H2,22,23)/t17-,21?/m0/s1. The summed E-state index contributed by atoms with van der Waals surface area (Å²) in [6.45, 7) is 3.43. The van der Waals surface area contributed by atoms with Gasteiger partial charge in [-0.25, -0.2) is 4.99 Å². The third-order valence-corrected chi connectivity index (χ3v) is 5.89. The van der Waals surface area contributed by atoms with E-state index in [-0.39, 0.29) is 17.7 Å². The van der Waals surface area contributed by atoms with Crippen LogP contribution in [-0.4, -0.2) is 53.2 Å². The molecule has 27 heavy (non-hydrogen) atoms. The van der Waals surface area contributed by atoms with Crippen molar-refractivity contribution >= 4 is 17.8 Å². The van der Waals surface area contributed by atoms with Crippen molar-refractivity contribution in [1.82, 2.24) is 9.80 Å². The molecule has 6 nitrogen and oxygen atoms in total. The van der Waals surface area contributed by atoms with Gasteiger partial charge in [-0.2, -0.15) is 0 Å². The summed E-state index contributed by atoms with van der Waals surface area (Å²) in [5, 5.41) is 0. The Hall–Kier alpha value is -2.37. The van der Waals surface area contributed by atoms with Gasteiger partial charge in [0.2, 0.25) is 5.91 Å². The first-order valence-corrected chi connectivity index (χ1v) is 9.93. The zero-order valence-corrected chi connectivity index (χ0v) is 16.4. The monoisotopic (exact) mass is 370 g/mol. The van der Waals surface area contributed by atoms with Crippen LogP contribution >= 0.6 is 0 Å². The van der Waals surface area contributed by atoms with Gasteiger partial charge in [-0.3, -0.25) is 14.5 Å². The number of aliphatic imine (C=N–C) groups is 1. The van der Waals surface area contributed by atoms with Gasteiger partial charge in [-0.05, 0) is 24.8 Å². The fourth-order valence-corrected chi connectivity index (χ4v) is 4.28. The predicted molar refractivity (Wildman–Crippen MR) is 106 cm³/mol. The van der Waals surface area contributed by atoms with Gasteiger partial charge in [0, 0.05) is 26.1 Å². The van der Waals surface area contributed by atoms with Crippen molar-refractivity contribution in [3.05, 3.63) is 35.9 Å². The SMILES string of the molecule is CCCCC1([C@H]2CCCN(C(=O)Cc3ccccc3)C2)N=C(N)N(C)C1=O. The molecule has 0 aliphatic carbocycles. The summed E-state index contributed by atoms with van der Waals surface area (Å²) in [5.74, 6) is 0.417. The van der Waals surface area contributed by atoms with E-state index in [0.717, 1.165) is 37.8 Å². The lowest BCUT2D eigenvalue weighted by molar-refractivity contribution is -0.138. The topological polar surface area (TPSA) is 79.0 Å². The molecule has 1 aromatic carbocycles. The highest BCUT2D eigenvalue weighted by Crippen LogP contribution is 2.39. The maximum atomic E-state index is 13.0. The third-order valence-electron chi connectivity index (χ3n) is 5.89. The van der Waals surface area contributed by atoms with Gasteiger partial charge in [0.05, 0.1) is 6.42 Å². The second-order valence-electron chi connectivity index (χ2n) is 7.70. The molecule has 2 heterocycles. The molecule has 2 atom stereocenters. The van der Waals surface area contributed by atoms with E-state index in [1.54, 1.807) is 7.05 Å². The van der Waals surface area contributed by atoms with Gasteiger partial charge in [-0.1, -0.05) is 50.1 Å². The number of amides is 2. The first-order chi connectivity index (χ1) is 13.0. The summed E-state index contributed by atoms with van der Waals surface area (Å²) in [5.41, 5.74) is 6.21.